The van der Waals surface area contributed by atoms with Crippen LogP contribution in [-0.4, -0.2) is 36.8 Å². The number of esters is 1. The first-order valence-corrected chi connectivity index (χ1v) is 10.2. The molecule has 0 saturated heterocycles. The van der Waals surface area contributed by atoms with E-state index in [0.717, 1.165) is 22.7 Å². The van der Waals surface area contributed by atoms with Gasteiger partial charge >= 0.3 is 5.97 Å². The molecule has 1 unspecified atom stereocenters. The summed E-state index contributed by atoms with van der Waals surface area (Å²) in [6, 6.07) is 10.8. The summed E-state index contributed by atoms with van der Waals surface area (Å²) in [6.45, 7) is 6.07. The molecule has 0 aliphatic carbocycles. The number of furan rings is 1. The Labute approximate surface area is 187 Å². The van der Waals surface area contributed by atoms with Gasteiger partial charge in [0.25, 0.3) is 5.91 Å². The number of hydrogen-bond acceptors (Lipinski definition) is 6. The number of rotatable bonds is 9. The van der Waals surface area contributed by atoms with Crippen LogP contribution in [0.2, 0.25) is 0 Å². The molecular formula is C24H28N2O6. The Morgan fingerprint density at radius 2 is 1.84 bits per heavy atom. The van der Waals surface area contributed by atoms with Crippen molar-refractivity contribution in [3.8, 4) is 11.5 Å². The molecule has 0 fully saturated rings. The number of nitrogens with zero attached hydrogens (tertiary/aromatic N) is 1. The van der Waals surface area contributed by atoms with Crippen LogP contribution in [0.15, 0.2) is 47.1 Å². The third-order valence-corrected chi connectivity index (χ3v) is 5.26. The molecule has 0 radical (unpaired) electrons. The molecule has 8 nitrogen and oxygen atoms in total. The normalized spacial score (nSPS) is 11.7. The molecule has 0 aliphatic heterocycles. The van der Waals surface area contributed by atoms with E-state index in [2.05, 4.69) is 5.32 Å². The fourth-order valence-electron chi connectivity index (χ4n) is 3.41. The molecule has 3 rings (SSSR count). The number of amides is 1. The molecule has 1 amide bonds. The van der Waals surface area contributed by atoms with Crippen LogP contribution in [-0.2, 0) is 22.6 Å². The molecule has 8 heteroatoms. The molecule has 3 aromatic rings. The Balaban J connectivity index is 1.60. The van der Waals surface area contributed by atoms with Crippen molar-refractivity contribution in [1.29, 1.82) is 0 Å². The van der Waals surface area contributed by atoms with Crippen molar-refractivity contribution >= 4 is 11.9 Å². The maximum absolute atomic E-state index is 12.7. The minimum Gasteiger partial charge on any atom is -0.493 e. The van der Waals surface area contributed by atoms with E-state index < -0.39 is 18.0 Å². The zero-order chi connectivity index (χ0) is 23.3. The Morgan fingerprint density at radius 3 is 2.50 bits per heavy atom. The van der Waals surface area contributed by atoms with Crippen molar-refractivity contribution in [1.82, 2.24) is 9.88 Å². The van der Waals surface area contributed by atoms with Crippen LogP contribution >= 0.6 is 0 Å². The van der Waals surface area contributed by atoms with Crippen LogP contribution < -0.4 is 14.8 Å². The number of ether oxygens (including phenoxy) is 3. The third-order valence-electron chi connectivity index (χ3n) is 5.26. The SMILES string of the molecule is COc1ccc(CNC(=O)C(C)OC(=O)c2cc(C)n(Cc3ccco3)c2C)cc1OC. The number of hydrogen-bond donors (Lipinski definition) is 1. The van der Waals surface area contributed by atoms with Gasteiger partial charge in [-0.15, -0.1) is 0 Å². The molecule has 0 bridgehead atoms. The second-order valence-corrected chi connectivity index (χ2v) is 7.40. The second kappa shape index (κ2) is 10.1. The van der Waals surface area contributed by atoms with Gasteiger partial charge in [0.15, 0.2) is 17.6 Å². The van der Waals surface area contributed by atoms with Crippen LogP contribution in [0, 0.1) is 13.8 Å². The molecule has 1 N–H and O–H groups in total. The minimum absolute atomic E-state index is 0.263. The van der Waals surface area contributed by atoms with Crippen LogP contribution in [0.4, 0.5) is 0 Å². The van der Waals surface area contributed by atoms with Crippen LogP contribution in [0.3, 0.4) is 0 Å². The van der Waals surface area contributed by atoms with Gasteiger partial charge in [-0.25, -0.2) is 4.79 Å². The first kappa shape index (κ1) is 23.0. The second-order valence-electron chi connectivity index (χ2n) is 7.40. The average Bonchev–Trinajstić information content (AvgIpc) is 3.40. The van der Waals surface area contributed by atoms with E-state index >= 15 is 0 Å². The Hall–Kier alpha value is -3.68. The van der Waals surface area contributed by atoms with Crippen molar-refractivity contribution in [3.05, 3.63) is 70.9 Å². The Kier molecular flexibility index (Phi) is 7.25. The number of aryl methyl sites for hydroxylation is 1. The van der Waals surface area contributed by atoms with Gasteiger partial charge < -0.3 is 28.5 Å². The number of carbonyl (C=O) groups excluding carboxylic acids is 2. The molecule has 170 valence electrons. The first-order valence-electron chi connectivity index (χ1n) is 10.2. The third kappa shape index (κ3) is 5.14. The monoisotopic (exact) mass is 440 g/mol. The van der Waals surface area contributed by atoms with Crippen LogP contribution in [0.1, 0.15) is 40.0 Å². The minimum atomic E-state index is -0.948. The highest BCUT2D eigenvalue weighted by molar-refractivity contribution is 5.93. The van der Waals surface area contributed by atoms with E-state index in [0.29, 0.717) is 23.6 Å². The topological polar surface area (TPSA) is 91.9 Å². The summed E-state index contributed by atoms with van der Waals surface area (Å²) >= 11 is 0. The number of methoxy groups -OCH3 is 2. The van der Waals surface area contributed by atoms with Gasteiger partial charge in [-0.2, -0.15) is 0 Å². The van der Waals surface area contributed by atoms with E-state index in [1.807, 2.05) is 36.6 Å². The fourth-order valence-corrected chi connectivity index (χ4v) is 3.41. The highest BCUT2D eigenvalue weighted by Gasteiger charge is 2.23. The average molecular weight is 440 g/mol. The molecule has 2 heterocycles. The van der Waals surface area contributed by atoms with E-state index in [4.69, 9.17) is 18.6 Å². The Morgan fingerprint density at radius 1 is 1.09 bits per heavy atom. The lowest BCUT2D eigenvalue weighted by molar-refractivity contribution is -0.129. The predicted molar refractivity (Wildman–Crippen MR) is 118 cm³/mol. The highest BCUT2D eigenvalue weighted by atomic mass is 16.5. The van der Waals surface area contributed by atoms with Crippen molar-refractivity contribution in [3.63, 3.8) is 0 Å². The maximum Gasteiger partial charge on any atom is 0.340 e. The smallest absolute Gasteiger partial charge is 0.340 e. The number of carbonyl (C=O) groups is 2. The summed E-state index contributed by atoms with van der Waals surface area (Å²) in [4.78, 5) is 25.2. The number of nitrogens with one attached hydrogen (secondary N) is 1. The van der Waals surface area contributed by atoms with E-state index in [1.165, 1.54) is 0 Å². The van der Waals surface area contributed by atoms with E-state index in [1.54, 1.807) is 45.6 Å². The van der Waals surface area contributed by atoms with Gasteiger partial charge in [-0.05, 0) is 56.7 Å². The molecule has 0 aliphatic rings. The van der Waals surface area contributed by atoms with Crippen molar-refractivity contribution in [2.24, 2.45) is 0 Å². The molecular weight excluding hydrogens is 412 g/mol. The van der Waals surface area contributed by atoms with Gasteiger partial charge in [0.1, 0.15) is 5.76 Å². The van der Waals surface area contributed by atoms with Gasteiger partial charge in [0, 0.05) is 17.9 Å². The largest absolute Gasteiger partial charge is 0.493 e. The lowest BCUT2D eigenvalue weighted by atomic mass is 10.2. The van der Waals surface area contributed by atoms with Gasteiger partial charge in [-0.3, -0.25) is 4.79 Å². The van der Waals surface area contributed by atoms with Gasteiger partial charge in [0.05, 0.1) is 32.6 Å². The molecule has 2 aromatic heterocycles. The van der Waals surface area contributed by atoms with Crippen molar-refractivity contribution < 1.29 is 28.2 Å². The van der Waals surface area contributed by atoms with E-state index in [-0.39, 0.29) is 6.54 Å². The molecule has 0 saturated carbocycles. The molecule has 1 aromatic carbocycles. The van der Waals surface area contributed by atoms with Gasteiger partial charge in [0.2, 0.25) is 0 Å². The summed E-state index contributed by atoms with van der Waals surface area (Å²) in [5.74, 6) is 1.03. The quantitative estimate of drug-likeness (QED) is 0.511. The fraction of sp³-hybridized carbons (Fsp3) is 0.333. The lowest BCUT2D eigenvalue weighted by Crippen LogP contribution is -2.35. The summed E-state index contributed by atoms with van der Waals surface area (Å²) in [5.41, 5.74) is 2.91. The summed E-state index contributed by atoms with van der Waals surface area (Å²) < 4.78 is 23.3. The molecule has 1 atom stereocenters. The lowest BCUT2D eigenvalue weighted by Gasteiger charge is -2.14. The maximum atomic E-state index is 12.7. The Bertz CT molecular complexity index is 1080. The van der Waals surface area contributed by atoms with Gasteiger partial charge in [-0.1, -0.05) is 6.07 Å². The first-order chi connectivity index (χ1) is 15.3. The zero-order valence-corrected chi connectivity index (χ0v) is 18.9. The molecule has 32 heavy (non-hydrogen) atoms. The van der Waals surface area contributed by atoms with Crippen LogP contribution in [0.25, 0.3) is 0 Å². The number of aromatic nitrogens is 1. The highest BCUT2D eigenvalue weighted by Crippen LogP contribution is 2.27. The summed E-state index contributed by atoms with van der Waals surface area (Å²) in [5, 5.41) is 2.78. The predicted octanol–water partition coefficient (Wildman–Crippen LogP) is 3.63. The number of benzene rings is 1. The molecule has 0 spiro atoms. The van der Waals surface area contributed by atoms with Crippen molar-refractivity contribution in [2.75, 3.05) is 14.2 Å². The van der Waals surface area contributed by atoms with Crippen LogP contribution in [0.5, 0.6) is 11.5 Å². The summed E-state index contributed by atoms with van der Waals surface area (Å²) in [6.07, 6.45) is 0.664. The van der Waals surface area contributed by atoms with E-state index in [9.17, 15) is 9.59 Å². The van der Waals surface area contributed by atoms with Crippen molar-refractivity contribution in [2.45, 2.75) is 40.0 Å². The zero-order valence-electron chi connectivity index (χ0n) is 18.9. The standard InChI is InChI=1S/C24H28N2O6/c1-15-11-20(16(2)26(15)14-19-7-6-10-31-19)24(28)32-17(3)23(27)25-13-18-8-9-21(29-4)22(12-18)30-5/h6-12,17H,13-14H2,1-5H3,(H,25,27). The summed E-state index contributed by atoms with van der Waals surface area (Å²) in [7, 11) is 3.11.